The SMILES string of the molecule is CNC(=O)c1c(-c2ccc(F)cc2)oc2cc(N(CCF)S(C)(=O)=O)c(-c3cccc(C(=O)N4CCN(C(=O)OC(C)(C)C)CC4)c3)cc12. The van der Waals surface area contributed by atoms with Crippen LogP contribution in [0.1, 0.15) is 41.5 Å². The van der Waals surface area contributed by atoms with Crippen LogP contribution in [0, 0.1) is 5.82 Å². The van der Waals surface area contributed by atoms with Crippen molar-refractivity contribution in [1.82, 2.24) is 15.1 Å². The molecule has 4 aromatic rings. The van der Waals surface area contributed by atoms with Gasteiger partial charge < -0.3 is 24.3 Å². The van der Waals surface area contributed by atoms with E-state index in [1.165, 1.54) is 37.4 Å². The van der Waals surface area contributed by atoms with Crippen LogP contribution in [0.15, 0.2) is 65.1 Å². The Hall–Kier alpha value is -4.98. The lowest BCUT2D eigenvalue weighted by Crippen LogP contribution is -2.51. The summed E-state index contributed by atoms with van der Waals surface area (Å²) in [5.74, 6) is -1.16. The Morgan fingerprint density at radius 1 is 0.959 bits per heavy atom. The highest BCUT2D eigenvalue weighted by Crippen LogP contribution is 2.42. The van der Waals surface area contributed by atoms with Crippen molar-refractivity contribution in [3.8, 4) is 22.5 Å². The van der Waals surface area contributed by atoms with E-state index in [-0.39, 0.29) is 54.7 Å². The average molecular weight is 697 g/mol. The number of fused-ring (bicyclic) bond motifs is 1. The smallest absolute Gasteiger partial charge is 0.410 e. The molecule has 49 heavy (non-hydrogen) atoms. The second-order valence-electron chi connectivity index (χ2n) is 12.6. The number of amides is 3. The van der Waals surface area contributed by atoms with Crippen LogP contribution in [0.2, 0.25) is 0 Å². The topological polar surface area (TPSA) is 129 Å². The zero-order valence-electron chi connectivity index (χ0n) is 27.9. The third kappa shape index (κ3) is 7.69. The number of hydrogen-bond donors (Lipinski definition) is 1. The second kappa shape index (κ2) is 13.9. The number of hydrogen-bond acceptors (Lipinski definition) is 7. The number of rotatable bonds is 8. The van der Waals surface area contributed by atoms with Crippen molar-refractivity contribution >= 4 is 44.6 Å². The lowest BCUT2D eigenvalue weighted by Gasteiger charge is -2.35. The van der Waals surface area contributed by atoms with Gasteiger partial charge in [-0.2, -0.15) is 0 Å². The fraction of sp³-hybridized carbons (Fsp3) is 0.343. The molecule has 260 valence electrons. The minimum atomic E-state index is -4.01. The number of nitrogens with one attached hydrogen (secondary N) is 1. The van der Waals surface area contributed by atoms with E-state index in [1.807, 2.05) is 0 Å². The maximum atomic E-state index is 13.8. The van der Waals surface area contributed by atoms with Gasteiger partial charge in [-0.25, -0.2) is 22.0 Å². The van der Waals surface area contributed by atoms with Gasteiger partial charge in [-0.05, 0) is 68.8 Å². The molecule has 2 heterocycles. The molecule has 5 rings (SSSR count). The number of sulfonamides is 1. The molecule has 1 aromatic heterocycles. The molecule has 0 radical (unpaired) electrons. The van der Waals surface area contributed by atoms with Crippen molar-refractivity contribution in [3.05, 3.63) is 77.6 Å². The predicted molar refractivity (Wildman–Crippen MR) is 182 cm³/mol. The molecule has 11 nitrogen and oxygen atoms in total. The third-order valence-electron chi connectivity index (χ3n) is 7.96. The van der Waals surface area contributed by atoms with E-state index in [0.717, 1.165) is 10.6 Å². The highest BCUT2D eigenvalue weighted by atomic mass is 32.2. The summed E-state index contributed by atoms with van der Waals surface area (Å²) in [6.45, 7) is 4.98. The van der Waals surface area contributed by atoms with Gasteiger partial charge in [0.25, 0.3) is 11.8 Å². The Balaban J connectivity index is 1.60. The first-order valence-corrected chi connectivity index (χ1v) is 17.5. The first kappa shape index (κ1) is 35.3. The molecule has 1 saturated heterocycles. The molecule has 14 heteroatoms. The van der Waals surface area contributed by atoms with E-state index >= 15 is 0 Å². The molecule has 0 spiro atoms. The van der Waals surface area contributed by atoms with Crippen molar-refractivity contribution < 1.29 is 40.7 Å². The van der Waals surface area contributed by atoms with Gasteiger partial charge in [-0.15, -0.1) is 0 Å². The van der Waals surface area contributed by atoms with Crippen LogP contribution in [0.25, 0.3) is 33.4 Å². The number of furan rings is 1. The number of halogens is 2. The van der Waals surface area contributed by atoms with Crippen molar-refractivity contribution in [2.75, 3.05) is 57.0 Å². The number of carbonyl (C=O) groups excluding carboxylic acids is 3. The molecule has 0 unspecified atom stereocenters. The Labute approximate surface area is 283 Å². The van der Waals surface area contributed by atoms with Gasteiger partial charge in [0.1, 0.15) is 29.4 Å². The summed E-state index contributed by atoms with van der Waals surface area (Å²) in [4.78, 5) is 42.6. The van der Waals surface area contributed by atoms with Crippen LogP contribution in [0.3, 0.4) is 0 Å². The second-order valence-corrected chi connectivity index (χ2v) is 14.5. The molecule has 0 atom stereocenters. The largest absolute Gasteiger partial charge is 0.455 e. The highest BCUT2D eigenvalue weighted by Gasteiger charge is 2.30. The minimum absolute atomic E-state index is 0.0751. The number of anilines is 1. The lowest BCUT2D eigenvalue weighted by molar-refractivity contribution is 0.0141. The average Bonchev–Trinajstić information content (AvgIpc) is 3.43. The van der Waals surface area contributed by atoms with Crippen molar-refractivity contribution in [2.45, 2.75) is 26.4 Å². The Bertz CT molecular complexity index is 2000. The van der Waals surface area contributed by atoms with E-state index in [1.54, 1.807) is 60.9 Å². The van der Waals surface area contributed by atoms with Gasteiger partial charge in [0.15, 0.2) is 0 Å². The van der Waals surface area contributed by atoms with Gasteiger partial charge >= 0.3 is 6.09 Å². The normalized spacial score (nSPS) is 13.8. The summed E-state index contributed by atoms with van der Waals surface area (Å²) in [6.07, 6.45) is 0.501. The van der Waals surface area contributed by atoms with Gasteiger partial charge in [0.05, 0.1) is 24.1 Å². The summed E-state index contributed by atoms with van der Waals surface area (Å²) >= 11 is 0. The number of nitrogens with zero attached hydrogens (tertiary/aromatic N) is 3. The van der Waals surface area contributed by atoms with E-state index in [4.69, 9.17) is 9.15 Å². The van der Waals surface area contributed by atoms with Crippen LogP contribution >= 0.6 is 0 Å². The third-order valence-corrected chi connectivity index (χ3v) is 9.14. The van der Waals surface area contributed by atoms with E-state index < -0.39 is 46.7 Å². The van der Waals surface area contributed by atoms with Gasteiger partial charge in [0.2, 0.25) is 10.0 Å². The fourth-order valence-corrected chi connectivity index (χ4v) is 6.60. The van der Waals surface area contributed by atoms with Crippen LogP contribution < -0.4 is 9.62 Å². The maximum absolute atomic E-state index is 13.8. The summed E-state index contributed by atoms with van der Waals surface area (Å²) < 4.78 is 66.0. The number of carbonyl (C=O) groups is 3. The lowest BCUT2D eigenvalue weighted by atomic mass is 9.97. The quantitative estimate of drug-likeness (QED) is 0.251. The summed E-state index contributed by atoms with van der Waals surface area (Å²) in [7, 11) is -2.57. The van der Waals surface area contributed by atoms with Crippen molar-refractivity contribution in [2.24, 2.45) is 0 Å². The van der Waals surface area contributed by atoms with Crippen molar-refractivity contribution in [3.63, 3.8) is 0 Å². The molecule has 1 N–H and O–H groups in total. The van der Waals surface area contributed by atoms with Crippen molar-refractivity contribution in [1.29, 1.82) is 0 Å². The summed E-state index contributed by atoms with van der Waals surface area (Å²) in [6, 6.07) is 14.9. The highest BCUT2D eigenvalue weighted by molar-refractivity contribution is 7.92. The monoisotopic (exact) mass is 696 g/mol. The molecule has 0 bridgehead atoms. The molecule has 0 aliphatic carbocycles. The van der Waals surface area contributed by atoms with Gasteiger partial charge in [-0.1, -0.05) is 12.1 Å². The molecule has 3 aromatic carbocycles. The predicted octanol–water partition coefficient (Wildman–Crippen LogP) is 5.69. The van der Waals surface area contributed by atoms with E-state index in [2.05, 4.69) is 5.32 Å². The summed E-state index contributed by atoms with van der Waals surface area (Å²) in [5, 5.41) is 2.91. The van der Waals surface area contributed by atoms with Gasteiger partial charge in [-0.3, -0.25) is 13.9 Å². The van der Waals surface area contributed by atoms with Crippen LogP contribution in [0.4, 0.5) is 19.3 Å². The first-order valence-electron chi connectivity index (χ1n) is 15.6. The maximum Gasteiger partial charge on any atom is 0.410 e. The first-order chi connectivity index (χ1) is 23.1. The fourth-order valence-electron chi connectivity index (χ4n) is 5.69. The van der Waals surface area contributed by atoms with Crippen LogP contribution in [0.5, 0.6) is 0 Å². The molecule has 0 saturated carbocycles. The molecular formula is C35H38F2N4O7S. The number of alkyl halides is 1. The number of ether oxygens (including phenoxy) is 1. The van der Waals surface area contributed by atoms with Crippen LogP contribution in [-0.2, 0) is 14.8 Å². The molecule has 1 aliphatic rings. The molecular weight excluding hydrogens is 658 g/mol. The van der Waals surface area contributed by atoms with Gasteiger partial charge in [0, 0.05) is 61.4 Å². The minimum Gasteiger partial charge on any atom is -0.455 e. The molecule has 1 fully saturated rings. The number of benzene rings is 3. The molecule has 3 amide bonds. The van der Waals surface area contributed by atoms with Crippen LogP contribution in [-0.4, -0.2) is 94.4 Å². The van der Waals surface area contributed by atoms with E-state index in [9.17, 15) is 31.6 Å². The number of piperazine rings is 1. The Morgan fingerprint density at radius 2 is 1.61 bits per heavy atom. The van der Waals surface area contributed by atoms with E-state index in [0.29, 0.717) is 27.6 Å². The molecule has 1 aliphatic heterocycles. The zero-order valence-corrected chi connectivity index (χ0v) is 28.7. The Kier molecular flexibility index (Phi) is 10.00. The Morgan fingerprint density at radius 3 is 2.20 bits per heavy atom. The summed E-state index contributed by atoms with van der Waals surface area (Å²) in [5.41, 5.74) is 1.12. The standard InChI is InChI=1S/C35H38F2N4O7S/c1-35(2,3)48-34(44)40-17-15-39(16-18-40)33(43)24-8-6-7-23(19-24)26-20-27-29(21-28(26)41(14-13-36)49(5,45)46)47-31(30(27)32(42)38-4)22-9-11-25(37)12-10-22/h6-12,19-21H,13-18H2,1-5H3,(H,38,42). The zero-order chi connectivity index (χ0) is 35.7.